The van der Waals surface area contributed by atoms with Crippen LogP contribution in [0.4, 0.5) is 0 Å². The van der Waals surface area contributed by atoms with Crippen molar-refractivity contribution in [1.29, 1.82) is 0 Å². The Morgan fingerprint density at radius 1 is 1.12 bits per heavy atom. The van der Waals surface area contributed by atoms with Crippen LogP contribution in [0, 0.1) is 0 Å². The molecule has 0 radical (unpaired) electrons. The van der Waals surface area contributed by atoms with Crippen molar-refractivity contribution in [3.8, 4) is 0 Å². The number of aromatic nitrogens is 2. The minimum Gasteiger partial charge on any atom is -0.467 e. The fourth-order valence-corrected chi connectivity index (χ4v) is 3.75. The number of hydrogen-bond acceptors (Lipinski definition) is 4. The molecule has 3 unspecified atom stereocenters. The number of likely N-dealkylation sites (tertiary alicyclic amines) is 1. The second kappa shape index (κ2) is 7.17. The number of aryl methyl sites for hydroxylation is 1. The molecule has 2 aromatic heterocycles. The van der Waals surface area contributed by atoms with E-state index in [0.29, 0.717) is 12.3 Å². The van der Waals surface area contributed by atoms with E-state index < -0.39 is 6.10 Å². The summed E-state index contributed by atoms with van der Waals surface area (Å²) in [7, 11) is 0. The summed E-state index contributed by atoms with van der Waals surface area (Å²) in [6.45, 7) is 1.31. The Morgan fingerprint density at radius 2 is 1.96 bits per heavy atom. The maximum atomic E-state index is 12.8. The molecule has 3 heterocycles. The zero-order valence-electron chi connectivity index (χ0n) is 14.3. The van der Waals surface area contributed by atoms with Crippen LogP contribution in [0.5, 0.6) is 0 Å². The number of imidazole rings is 1. The fraction of sp³-hybridized carbons (Fsp3) is 0.300. The van der Waals surface area contributed by atoms with Gasteiger partial charge in [0.05, 0.1) is 18.6 Å². The van der Waals surface area contributed by atoms with Crippen LogP contribution in [0.15, 0.2) is 71.9 Å². The average molecular weight is 351 g/mol. The lowest BCUT2D eigenvalue weighted by Crippen LogP contribution is -2.32. The van der Waals surface area contributed by atoms with E-state index in [1.54, 1.807) is 23.7 Å². The van der Waals surface area contributed by atoms with Crippen molar-refractivity contribution >= 4 is 5.91 Å². The number of rotatable bonds is 6. The van der Waals surface area contributed by atoms with Gasteiger partial charge < -0.3 is 19.0 Å². The van der Waals surface area contributed by atoms with Crippen molar-refractivity contribution < 1.29 is 14.3 Å². The second-order valence-electron chi connectivity index (χ2n) is 6.53. The van der Waals surface area contributed by atoms with E-state index in [9.17, 15) is 9.90 Å². The van der Waals surface area contributed by atoms with Crippen LogP contribution in [-0.4, -0.2) is 38.1 Å². The molecule has 3 aromatic rings. The number of furan rings is 1. The van der Waals surface area contributed by atoms with Gasteiger partial charge in [-0.05, 0) is 24.1 Å². The summed E-state index contributed by atoms with van der Waals surface area (Å²) >= 11 is 0. The third-order valence-electron chi connectivity index (χ3n) is 4.95. The summed E-state index contributed by atoms with van der Waals surface area (Å²) in [6, 6.07) is 13.1. The third-order valence-corrected chi connectivity index (χ3v) is 4.95. The molecule has 3 atom stereocenters. The van der Waals surface area contributed by atoms with Gasteiger partial charge in [-0.15, -0.1) is 0 Å². The second-order valence-corrected chi connectivity index (χ2v) is 6.53. The van der Waals surface area contributed by atoms with Gasteiger partial charge in [0.25, 0.3) is 5.91 Å². The molecule has 1 fully saturated rings. The van der Waals surface area contributed by atoms with Crippen LogP contribution >= 0.6 is 0 Å². The lowest BCUT2D eigenvalue weighted by atomic mass is 9.88. The first-order chi connectivity index (χ1) is 12.8. The molecule has 1 aliphatic rings. The largest absolute Gasteiger partial charge is 0.467 e. The molecule has 1 aromatic carbocycles. The van der Waals surface area contributed by atoms with Crippen molar-refractivity contribution in [2.75, 3.05) is 6.54 Å². The Bertz CT molecular complexity index is 831. The Balaban J connectivity index is 1.60. The Labute approximate surface area is 151 Å². The molecule has 0 saturated carbocycles. The molecule has 1 amide bonds. The number of nitrogens with zero attached hydrogens (tertiary/aromatic N) is 3. The minimum atomic E-state index is -1.07. The van der Waals surface area contributed by atoms with Crippen LogP contribution in [0.2, 0.25) is 0 Å². The molecule has 0 aliphatic carbocycles. The monoisotopic (exact) mass is 351 g/mol. The molecule has 0 spiro atoms. The lowest BCUT2D eigenvalue weighted by Gasteiger charge is -2.26. The van der Waals surface area contributed by atoms with E-state index in [-0.39, 0.29) is 17.9 Å². The summed E-state index contributed by atoms with van der Waals surface area (Å²) in [5.41, 5.74) is 0.937. The van der Waals surface area contributed by atoms with E-state index >= 15 is 0 Å². The number of aliphatic hydroxyl groups excluding tert-OH is 1. The summed E-state index contributed by atoms with van der Waals surface area (Å²) in [6.07, 6.45) is 6.71. The van der Waals surface area contributed by atoms with Gasteiger partial charge in [-0.25, -0.2) is 4.98 Å². The predicted molar refractivity (Wildman–Crippen MR) is 95.2 cm³/mol. The fourth-order valence-electron chi connectivity index (χ4n) is 3.75. The van der Waals surface area contributed by atoms with Crippen LogP contribution in [0.25, 0.3) is 0 Å². The van der Waals surface area contributed by atoms with E-state index in [2.05, 4.69) is 4.98 Å². The number of carbonyl (C=O) groups is 1. The molecular weight excluding hydrogens is 330 g/mol. The van der Waals surface area contributed by atoms with Gasteiger partial charge >= 0.3 is 0 Å². The zero-order chi connectivity index (χ0) is 17.9. The molecule has 134 valence electrons. The number of hydrogen-bond donors (Lipinski definition) is 1. The highest BCUT2D eigenvalue weighted by Crippen LogP contribution is 2.44. The average Bonchev–Trinajstić information content (AvgIpc) is 3.40. The van der Waals surface area contributed by atoms with Gasteiger partial charge in [0, 0.05) is 31.4 Å². The number of carbonyl (C=O) groups excluding carboxylic acids is 1. The predicted octanol–water partition coefficient (Wildman–Crippen LogP) is 2.59. The Hall–Kier alpha value is -2.86. The van der Waals surface area contributed by atoms with Crippen molar-refractivity contribution in [3.63, 3.8) is 0 Å². The Kier molecular flexibility index (Phi) is 4.58. The molecule has 4 rings (SSSR count). The van der Waals surface area contributed by atoms with Crippen molar-refractivity contribution in [2.24, 2.45) is 0 Å². The molecule has 26 heavy (non-hydrogen) atoms. The molecule has 6 nitrogen and oxygen atoms in total. The van der Waals surface area contributed by atoms with E-state index in [4.69, 9.17) is 4.42 Å². The standard InChI is InChI=1S/C20H21N3O3/c24-19-17(15-6-2-1-3-7-15)18(16-8-4-13-26-16)23(20(19)25)11-5-10-22-12-9-21-14-22/h1-4,6-9,12-14,17-19,24H,5,10-11H2. The number of amides is 1. The molecule has 0 bridgehead atoms. The zero-order valence-corrected chi connectivity index (χ0v) is 14.3. The van der Waals surface area contributed by atoms with Crippen molar-refractivity contribution in [3.05, 3.63) is 78.8 Å². The first-order valence-electron chi connectivity index (χ1n) is 8.78. The minimum absolute atomic E-state index is 0.245. The normalized spacial score (nSPS) is 22.9. The first-order valence-corrected chi connectivity index (χ1v) is 8.78. The summed E-state index contributed by atoms with van der Waals surface area (Å²) < 4.78 is 7.61. The number of aliphatic hydroxyl groups is 1. The maximum absolute atomic E-state index is 12.8. The molecule has 6 heteroatoms. The Morgan fingerprint density at radius 3 is 2.65 bits per heavy atom. The topological polar surface area (TPSA) is 71.5 Å². The van der Waals surface area contributed by atoms with Crippen molar-refractivity contribution in [2.45, 2.75) is 31.0 Å². The first kappa shape index (κ1) is 16.6. The van der Waals surface area contributed by atoms with Crippen molar-refractivity contribution in [1.82, 2.24) is 14.5 Å². The molecular formula is C20H21N3O3. The van der Waals surface area contributed by atoms with E-state index in [1.165, 1.54) is 0 Å². The quantitative estimate of drug-likeness (QED) is 0.741. The molecule has 1 saturated heterocycles. The third kappa shape index (κ3) is 3.04. The van der Waals surface area contributed by atoms with E-state index in [1.807, 2.05) is 53.2 Å². The van der Waals surface area contributed by atoms with Crippen LogP contribution in [0.3, 0.4) is 0 Å². The van der Waals surface area contributed by atoms with Gasteiger partial charge in [0.1, 0.15) is 11.9 Å². The van der Waals surface area contributed by atoms with Gasteiger partial charge in [-0.3, -0.25) is 4.79 Å². The highest BCUT2D eigenvalue weighted by atomic mass is 16.3. The summed E-state index contributed by atoms with van der Waals surface area (Å²) in [5.74, 6) is 0.111. The SMILES string of the molecule is O=C1C(O)C(c2ccccc2)C(c2ccco2)N1CCCn1ccnc1. The van der Waals surface area contributed by atoms with Gasteiger partial charge in [0.2, 0.25) is 0 Å². The number of benzene rings is 1. The van der Waals surface area contributed by atoms with E-state index in [0.717, 1.165) is 18.5 Å². The highest BCUT2D eigenvalue weighted by molar-refractivity contribution is 5.85. The lowest BCUT2D eigenvalue weighted by molar-refractivity contribution is -0.135. The molecule has 1 N–H and O–H groups in total. The summed E-state index contributed by atoms with van der Waals surface area (Å²) in [4.78, 5) is 18.6. The molecule has 1 aliphatic heterocycles. The van der Waals surface area contributed by atoms with Gasteiger partial charge in [-0.2, -0.15) is 0 Å². The van der Waals surface area contributed by atoms with Crippen LogP contribution in [0.1, 0.15) is 29.7 Å². The van der Waals surface area contributed by atoms with Crippen LogP contribution in [-0.2, 0) is 11.3 Å². The smallest absolute Gasteiger partial charge is 0.252 e. The van der Waals surface area contributed by atoms with Gasteiger partial charge in [-0.1, -0.05) is 30.3 Å². The maximum Gasteiger partial charge on any atom is 0.252 e. The van der Waals surface area contributed by atoms with Crippen LogP contribution < -0.4 is 0 Å². The van der Waals surface area contributed by atoms with Gasteiger partial charge in [0.15, 0.2) is 0 Å². The summed E-state index contributed by atoms with van der Waals surface area (Å²) in [5, 5.41) is 10.7. The highest BCUT2D eigenvalue weighted by Gasteiger charge is 2.49.